The van der Waals surface area contributed by atoms with Crippen LogP contribution in [0.15, 0.2) is 59.0 Å². The Morgan fingerprint density at radius 1 is 0.944 bits per heavy atom. The fourth-order valence-corrected chi connectivity index (χ4v) is 2.28. The maximum absolute atomic E-state index is 5.94. The van der Waals surface area contributed by atoms with Crippen molar-refractivity contribution in [1.29, 1.82) is 0 Å². The van der Waals surface area contributed by atoms with Crippen LogP contribution in [-0.2, 0) is 0 Å². The highest BCUT2D eigenvalue weighted by Gasteiger charge is 2.04. The Balaban J connectivity index is 2.30. The molecule has 2 aromatic carbocycles. The first-order valence-electron chi connectivity index (χ1n) is 5.84. The predicted molar refractivity (Wildman–Crippen MR) is 77.2 cm³/mol. The van der Waals surface area contributed by atoms with E-state index >= 15 is 0 Å². The van der Waals surface area contributed by atoms with Gasteiger partial charge in [0.1, 0.15) is 11.3 Å². The summed E-state index contributed by atoms with van der Waals surface area (Å²) in [6, 6.07) is 18.0. The van der Waals surface area contributed by atoms with Crippen molar-refractivity contribution in [3.8, 4) is 11.3 Å². The summed E-state index contributed by atoms with van der Waals surface area (Å²) in [6.07, 6.45) is 0. The highest BCUT2D eigenvalue weighted by molar-refractivity contribution is 7.71. The van der Waals surface area contributed by atoms with Gasteiger partial charge in [-0.1, -0.05) is 48.6 Å². The quantitative estimate of drug-likeness (QED) is 0.556. The van der Waals surface area contributed by atoms with Crippen molar-refractivity contribution >= 4 is 23.2 Å². The van der Waals surface area contributed by atoms with Crippen molar-refractivity contribution in [3.63, 3.8) is 0 Å². The Hall–Kier alpha value is -1.93. The molecule has 3 rings (SSSR count). The molecule has 0 spiro atoms. The van der Waals surface area contributed by atoms with Gasteiger partial charge in [0.05, 0.1) is 4.51 Å². The lowest BCUT2D eigenvalue weighted by atomic mass is 10.1. The second-order valence-electron chi connectivity index (χ2n) is 4.34. The number of hydrogen-bond donors (Lipinski definition) is 0. The fourth-order valence-electron chi connectivity index (χ4n) is 2.01. The van der Waals surface area contributed by atoms with E-state index < -0.39 is 0 Å². The summed E-state index contributed by atoms with van der Waals surface area (Å²) < 4.78 is 6.77. The molecule has 0 aliphatic carbocycles. The lowest BCUT2D eigenvalue weighted by molar-refractivity contribution is 0.619. The van der Waals surface area contributed by atoms with Gasteiger partial charge in [-0.05, 0) is 24.6 Å². The second-order valence-corrected chi connectivity index (χ2v) is 4.78. The van der Waals surface area contributed by atoms with Crippen LogP contribution >= 0.6 is 12.2 Å². The first-order chi connectivity index (χ1) is 8.74. The monoisotopic (exact) mass is 252 g/mol. The molecule has 0 atom stereocenters. The third-order valence-corrected chi connectivity index (χ3v) is 3.28. The Kier molecular flexibility index (Phi) is 2.73. The molecule has 0 fully saturated rings. The summed E-state index contributed by atoms with van der Waals surface area (Å²) in [4.78, 5) is 0. The van der Waals surface area contributed by atoms with Crippen LogP contribution in [0, 0.1) is 11.4 Å². The lowest BCUT2D eigenvalue weighted by Gasteiger charge is -2.04. The van der Waals surface area contributed by atoms with Crippen LogP contribution in [0.3, 0.4) is 0 Å². The summed E-state index contributed by atoms with van der Waals surface area (Å²) >= 11 is 5.42. The SMILES string of the molecule is Cc1ccc2c(=S)cc(-c3ccccc3)oc2c1. The Labute approximate surface area is 111 Å². The molecule has 1 heterocycles. The third-order valence-electron chi connectivity index (χ3n) is 2.94. The van der Waals surface area contributed by atoms with Crippen LogP contribution in [0.1, 0.15) is 5.56 Å². The van der Waals surface area contributed by atoms with Crippen molar-refractivity contribution in [2.75, 3.05) is 0 Å². The summed E-state index contributed by atoms with van der Waals surface area (Å²) in [5.41, 5.74) is 3.07. The molecule has 3 aromatic rings. The number of hydrogen-bond acceptors (Lipinski definition) is 2. The number of rotatable bonds is 1. The number of fused-ring (bicyclic) bond motifs is 1. The maximum Gasteiger partial charge on any atom is 0.136 e. The highest BCUT2D eigenvalue weighted by Crippen LogP contribution is 2.26. The molecule has 1 nitrogen and oxygen atoms in total. The van der Waals surface area contributed by atoms with Gasteiger partial charge in [-0.3, -0.25) is 0 Å². The largest absolute Gasteiger partial charge is 0.456 e. The van der Waals surface area contributed by atoms with Gasteiger partial charge >= 0.3 is 0 Å². The average molecular weight is 252 g/mol. The molecule has 88 valence electrons. The van der Waals surface area contributed by atoms with E-state index in [1.165, 1.54) is 5.56 Å². The van der Waals surface area contributed by atoms with Crippen LogP contribution in [0.25, 0.3) is 22.3 Å². The van der Waals surface area contributed by atoms with Crippen LogP contribution in [0.2, 0.25) is 0 Å². The molecule has 0 saturated heterocycles. The Bertz CT molecular complexity index is 757. The van der Waals surface area contributed by atoms with Crippen LogP contribution < -0.4 is 0 Å². The minimum Gasteiger partial charge on any atom is -0.456 e. The maximum atomic E-state index is 5.94. The molecule has 18 heavy (non-hydrogen) atoms. The van der Waals surface area contributed by atoms with Gasteiger partial charge in [-0.25, -0.2) is 0 Å². The fraction of sp³-hybridized carbons (Fsp3) is 0.0625. The molecule has 0 amide bonds. The van der Waals surface area contributed by atoms with Gasteiger partial charge in [0.2, 0.25) is 0 Å². The Morgan fingerprint density at radius 2 is 1.72 bits per heavy atom. The zero-order valence-electron chi connectivity index (χ0n) is 10.0. The van der Waals surface area contributed by atoms with E-state index in [2.05, 4.69) is 6.07 Å². The van der Waals surface area contributed by atoms with Crippen molar-refractivity contribution in [3.05, 3.63) is 64.7 Å². The second kappa shape index (κ2) is 4.39. The van der Waals surface area contributed by atoms with Crippen molar-refractivity contribution in [2.45, 2.75) is 6.92 Å². The van der Waals surface area contributed by atoms with E-state index in [1.54, 1.807) is 0 Å². The highest BCUT2D eigenvalue weighted by atomic mass is 32.1. The number of aryl methyl sites for hydroxylation is 1. The minimum atomic E-state index is 0.818. The molecule has 0 aliphatic heterocycles. The van der Waals surface area contributed by atoms with E-state index in [1.807, 2.05) is 55.5 Å². The summed E-state index contributed by atoms with van der Waals surface area (Å²) in [7, 11) is 0. The third kappa shape index (κ3) is 1.95. The molecule has 0 radical (unpaired) electrons. The van der Waals surface area contributed by atoms with Crippen molar-refractivity contribution < 1.29 is 4.42 Å². The summed E-state index contributed by atoms with van der Waals surface area (Å²) in [5, 5.41) is 0.996. The van der Waals surface area contributed by atoms with Gasteiger partial charge in [-0.15, -0.1) is 0 Å². The molecule has 0 saturated carbocycles. The van der Waals surface area contributed by atoms with Gasteiger partial charge < -0.3 is 4.42 Å². The van der Waals surface area contributed by atoms with Crippen molar-refractivity contribution in [1.82, 2.24) is 0 Å². The van der Waals surface area contributed by atoms with E-state index in [9.17, 15) is 0 Å². The number of benzene rings is 2. The molecule has 2 heteroatoms. The van der Waals surface area contributed by atoms with Crippen LogP contribution in [-0.4, -0.2) is 0 Å². The summed E-state index contributed by atoms with van der Waals surface area (Å²) in [5.74, 6) is 0.818. The van der Waals surface area contributed by atoms with E-state index in [-0.39, 0.29) is 0 Å². The molecule has 1 aromatic heterocycles. The average Bonchev–Trinajstić information content (AvgIpc) is 2.39. The van der Waals surface area contributed by atoms with Crippen LogP contribution in [0.4, 0.5) is 0 Å². The summed E-state index contributed by atoms with van der Waals surface area (Å²) in [6.45, 7) is 2.05. The smallest absolute Gasteiger partial charge is 0.136 e. The predicted octanol–water partition coefficient (Wildman–Crippen LogP) is 5.14. The first-order valence-corrected chi connectivity index (χ1v) is 6.25. The minimum absolute atomic E-state index is 0.818. The topological polar surface area (TPSA) is 13.1 Å². The van der Waals surface area contributed by atoms with Gasteiger partial charge in [0.25, 0.3) is 0 Å². The zero-order valence-corrected chi connectivity index (χ0v) is 10.8. The normalized spacial score (nSPS) is 10.7. The molecule has 0 bridgehead atoms. The molecule has 0 unspecified atom stereocenters. The first kappa shape index (κ1) is 11.2. The standard InChI is InChI=1S/C16H12OS/c1-11-7-8-13-15(9-11)17-14(10-16(13)18)12-5-3-2-4-6-12/h2-10H,1H3. The van der Waals surface area contributed by atoms with E-state index in [0.717, 1.165) is 26.8 Å². The lowest BCUT2D eigenvalue weighted by Crippen LogP contribution is -1.81. The van der Waals surface area contributed by atoms with Gasteiger partial charge in [-0.2, -0.15) is 0 Å². The van der Waals surface area contributed by atoms with Crippen LogP contribution in [0.5, 0.6) is 0 Å². The van der Waals surface area contributed by atoms with Crippen molar-refractivity contribution in [2.24, 2.45) is 0 Å². The van der Waals surface area contributed by atoms with E-state index in [4.69, 9.17) is 16.6 Å². The van der Waals surface area contributed by atoms with E-state index in [0.29, 0.717) is 0 Å². The van der Waals surface area contributed by atoms with Gasteiger partial charge in [0, 0.05) is 17.0 Å². The molecule has 0 N–H and O–H groups in total. The molecular formula is C16H12OS. The Morgan fingerprint density at radius 3 is 2.50 bits per heavy atom. The zero-order chi connectivity index (χ0) is 12.5. The van der Waals surface area contributed by atoms with Gasteiger partial charge in [0.15, 0.2) is 0 Å². The molecule has 0 aliphatic rings. The molecular weight excluding hydrogens is 240 g/mol.